The van der Waals surface area contributed by atoms with Crippen molar-refractivity contribution in [1.82, 2.24) is 9.97 Å². The van der Waals surface area contributed by atoms with Crippen molar-refractivity contribution in [3.63, 3.8) is 0 Å². The van der Waals surface area contributed by atoms with Crippen LogP contribution in [0.15, 0.2) is 9.59 Å². The average Bonchev–Trinajstić information content (AvgIpc) is 2.00. The van der Waals surface area contributed by atoms with E-state index in [1.54, 1.807) is 0 Å². The number of halogens is 1. The van der Waals surface area contributed by atoms with Gasteiger partial charge < -0.3 is 9.72 Å². The summed E-state index contributed by atoms with van der Waals surface area (Å²) in [5.74, 6) is 0. The first-order valence-electron chi connectivity index (χ1n) is 3.15. The molecule has 1 aromatic rings. The van der Waals surface area contributed by atoms with Gasteiger partial charge in [0, 0.05) is 7.11 Å². The summed E-state index contributed by atoms with van der Waals surface area (Å²) in [4.78, 5) is 25.9. The minimum atomic E-state index is -0.604. The smallest absolute Gasteiger partial charge is 0.326 e. The third kappa shape index (κ3) is 1.75. The molecular formula is C6H7ClN2O3. The Hall–Kier alpha value is -1.07. The number of hydrogen-bond acceptors (Lipinski definition) is 3. The van der Waals surface area contributed by atoms with E-state index in [0.29, 0.717) is 0 Å². The highest BCUT2D eigenvalue weighted by atomic mass is 35.5. The monoisotopic (exact) mass is 190 g/mol. The highest BCUT2D eigenvalue weighted by molar-refractivity contribution is 6.30. The first-order chi connectivity index (χ1) is 5.65. The van der Waals surface area contributed by atoms with Gasteiger partial charge in [-0.05, 0) is 0 Å². The quantitative estimate of drug-likeness (QED) is 0.682. The molecule has 5 nitrogen and oxygen atoms in total. The van der Waals surface area contributed by atoms with Crippen molar-refractivity contribution in [2.24, 2.45) is 0 Å². The molecule has 2 N–H and O–H groups in total. The summed E-state index contributed by atoms with van der Waals surface area (Å²) in [6.07, 6.45) is 0. The fraction of sp³-hybridized carbons (Fsp3) is 0.333. The number of ether oxygens (including phenoxy) is 1. The number of methoxy groups -OCH3 is 1. The zero-order valence-electron chi connectivity index (χ0n) is 6.31. The Bertz CT molecular complexity index is 381. The van der Waals surface area contributed by atoms with Gasteiger partial charge in [0.05, 0.1) is 12.3 Å². The van der Waals surface area contributed by atoms with Crippen LogP contribution in [0, 0.1) is 0 Å². The molecule has 0 bridgehead atoms. The molecule has 0 amide bonds. The Morgan fingerprint density at radius 1 is 1.42 bits per heavy atom. The van der Waals surface area contributed by atoms with Gasteiger partial charge in [0.15, 0.2) is 0 Å². The zero-order valence-corrected chi connectivity index (χ0v) is 7.07. The van der Waals surface area contributed by atoms with Crippen molar-refractivity contribution in [3.8, 4) is 0 Å². The molecule has 0 spiro atoms. The summed E-state index contributed by atoms with van der Waals surface area (Å²) in [5.41, 5.74) is -0.906. The SMILES string of the molecule is COCc1[nH]c(=O)[nH]c(=O)c1Cl. The summed E-state index contributed by atoms with van der Waals surface area (Å²) < 4.78 is 4.71. The van der Waals surface area contributed by atoms with Gasteiger partial charge in [0.2, 0.25) is 0 Å². The Morgan fingerprint density at radius 3 is 2.67 bits per heavy atom. The van der Waals surface area contributed by atoms with Crippen molar-refractivity contribution in [2.45, 2.75) is 6.61 Å². The van der Waals surface area contributed by atoms with Gasteiger partial charge >= 0.3 is 5.69 Å². The largest absolute Gasteiger partial charge is 0.378 e. The Morgan fingerprint density at radius 2 is 2.08 bits per heavy atom. The van der Waals surface area contributed by atoms with E-state index in [4.69, 9.17) is 16.3 Å². The standard InChI is InChI=1S/C6H7ClN2O3/c1-12-2-3-4(7)5(10)9-6(11)8-3/h2H2,1H3,(H2,8,9,10,11). The van der Waals surface area contributed by atoms with Gasteiger partial charge in [-0.1, -0.05) is 11.6 Å². The van der Waals surface area contributed by atoms with E-state index >= 15 is 0 Å². The molecule has 66 valence electrons. The van der Waals surface area contributed by atoms with E-state index in [0.717, 1.165) is 0 Å². The number of aromatic nitrogens is 2. The van der Waals surface area contributed by atoms with Crippen LogP contribution in [-0.2, 0) is 11.3 Å². The van der Waals surface area contributed by atoms with Crippen LogP contribution in [-0.4, -0.2) is 17.1 Å². The van der Waals surface area contributed by atoms with Crippen LogP contribution in [0.25, 0.3) is 0 Å². The van der Waals surface area contributed by atoms with E-state index < -0.39 is 11.2 Å². The van der Waals surface area contributed by atoms with Crippen LogP contribution < -0.4 is 11.2 Å². The predicted octanol–water partition coefficient (Wildman–Crippen LogP) is -0.137. The second kappa shape index (κ2) is 3.55. The van der Waals surface area contributed by atoms with Crippen LogP contribution in [0.4, 0.5) is 0 Å². The maximum Gasteiger partial charge on any atom is 0.326 e. The zero-order chi connectivity index (χ0) is 9.14. The van der Waals surface area contributed by atoms with Gasteiger partial charge in [-0.25, -0.2) is 4.79 Å². The minimum Gasteiger partial charge on any atom is -0.378 e. The fourth-order valence-corrected chi connectivity index (χ4v) is 0.911. The van der Waals surface area contributed by atoms with Crippen molar-refractivity contribution >= 4 is 11.6 Å². The molecule has 12 heavy (non-hydrogen) atoms. The van der Waals surface area contributed by atoms with Crippen LogP contribution >= 0.6 is 11.6 Å². The molecule has 0 radical (unpaired) electrons. The average molecular weight is 191 g/mol. The van der Waals surface area contributed by atoms with Gasteiger partial charge in [-0.2, -0.15) is 0 Å². The maximum atomic E-state index is 10.9. The van der Waals surface area contributed by atoms with Crippen LogP contribution in [0.1, 0.15) is 5.69 Å². The molecule has 0 atom stereocenters. The predicted molar refractivity (Wildman–Crippen MR) is 43.4 cm³/mol. The molecule has 0 unspecified atom stereocenters. The Kier molecular flexibility index (Phi) is 2.67. The van der Waals surface area contributed by atoms with Gasteiger partial charge in [0.25, 0.3) is 5.56 Å². The highest BCUT2D eigenvalue weighted by Crippen LogP contribution is 2.04. The molecular weight excluding hydrogens is 184 g/mol. The van der Waals surface area contributed by atoms with E-state index in [9.17, 15) is 9.59 Å². The molecule has 1 heterocycles. The van der Waals surface area contributed by atoms with Crippen molar-refractivity contribution < 1.29 is 4.74 Å². The summed E-state index contributed by atoms with van der Waals surface area (Å²) >= 11 is 5.55. The van der Waals surface area contributed by atoms with Crippen LogP contribution in [0.2, 0.25) is 5.02 Å². The lowest BCUT2D eigenvalue weighted by atomic mass is 10.4. The lowest BCUT2D eigenvalue weighted by Gasteiger charge is -1.99. The number of hydrogen-bond donors (Lipinski definition) is 2. The van der Waals surface area contributed by atoms with Gasteiger partial charge in [-0.15, -0.1) is 0 Å². The Balaban J connectivity index is 3.28. The summed E-state index contributed by atoms with van der Waals surface area (Å²) in [7, 11) is 1.44. The third-order valence-corrected chi connectivity index (χ3v) is 1.64. The third-order valence-electron chi connectivity index (χ3n) is 1.24. The molecule has 0 fully saturated rings. The van der Waals surface area contributed by atoms with E-state index in [2.05, 4.69) is 4.98 Å². The molecule has 6 heteroatoms. The first-order valence-corrected chi connectivity index (χ1v) is 3.53. The van der Waals surface area contributed by atoms with Gasteiger partial charge in [-0.3, -0.25) is 9.78 Å². The summed E-state index contributed by atoms with van der Waals surface area (Å²) in [5, 5.41) is -0.0450. The molecule has 1 rings (SSSR count). The first kappa shape index (κ1) is 9.02. The number of rotatable bonds is 2. The number of nitrogens with one attached hydrogen (secondary N) is 2. The van der Waals surface area contributed by atoms with E-state index in [1.165, 1.54) is 7.11 Å². The molecule has 0 saturated carbocycles. The van der Waals surface area contributed by atoms with Crippen LogP contribution in [0.5, 0.6) is 0 Å². The molecule has 0 aliphatic carbocycles. The molecule has 1 aromatic heterocycles. The second-order valence-corrected chi connectivity index (χ2v) is 2.51. The summed E-state index contributed by atoms with van der Waals surface area (Å²) in [6.45, 7) is 0.109. The molecule has 0 aromatic carbocycles. The maximum absolute atomic E-state index is 10.9. The van der Waals surface area contributed by atoms with Crippen molar-refractivity contribution in [1.29, 1.82) is 0 Å². The van der Waals surface area contributed by atoms with Crippen LogP contribution in [0.3, 0.4) is 0 Å². The number of H-pyrrole nitrogens is 2. The molecule has 0 saturated heterocycles. The normalized spacial score (nSPS) is 10.2. The lowest BCUT2D eigenvalue weighted by molar-refractivity contribution is 0.181. The second-order valence-electron chi connectivity index (χ2n) is 2.13. The minimum absolute atomic E-state index is 0.0450. The highest BCUT2D eigenvalue weighted by Gasteiger charge is 2.04. The van der Waals surface area contributed by atoms with E-state index in [-0.39, 0.29) is 17.3 Å². The lowest BCUT2D eigenvalue weighted by Crippen LogP contribution is -2.24. The van der Waals surface area contributed by atoms with Crippen molar-refractivity contribution in [2.75, 3.05) is 7.11 Å². The van der Waals surface area contributed by atoms with Gasteiger partial charge in [0.1, 0.15) is 5.02 Å². The summed E-state index contributed by atoms with van der Waals surface area (Å²) in [6, 6.07) is 0. The Labute approximate surface area is 72.3 Å². The van der Waals surface area contributed by atoms with E-state index in [1.807, 2.05) is 4.98 Å². The molecule has 0 aliphatic rings. The topological polar surface area (TPSA) is 75.0 Å². The molecule has 0 aliphatic heterocycles. The number of aromatic amines is 2. The fourth-order valence-electron chi connectivity index (χ4n) is 0.762. The van der Waals surface area contributed by atoms with Crippen molar-refractivity contribution in [3.05, 3.63) is 31.6 Å².